The zero-order valence-electron chi connectivity index (χ0n) is 7.97. The Kier molecular flexibility index (Phi) is 2.79. The van der Waals surface area contributed by atoms with Crippen LogP contribution in [0.1, 0.15) is 18.5 Å². The molecule has 0 spiro atoms. The van der Waals surface area contributed by atoms with Crippen LogP contribution in [0.15, 0.2) is 41.2 Å². The zero-order chi connectivity index (χ0) is 9.80. The van der Waals surface area contributed by atoms with E-state index in [1.807, 2.05) is 18.2 Å². The molecule has 2 heterocycles. The molecule has 1 atom stereocenters. The lowest BCUT2D eigenvalue weighted by Crippen LogP contribution is -2.06. The SMILES string of the molecule is CC(Nc1ccccn1)c1ccsc1. The standard InChI is InChI=1S/C11H12N2S/c1-9(10-5-7-14-8-10)13-11-4-2-3-6-12-11/h2-9H,1H3,(H,12,13). The second kappa shape index (κ2) is 4.24. The molecule has 0 bridgehead atoms. The van der Waals surface area contributed by atoms with Gasteiger partial charge in [0.1, 0.15) is 5.82 Å². The van der Waals surface area contributed by atoms with E-state index in [4.69, 9.17) is 0 Å². The fourth-order valence-electron chi connectivity index (χ4n) is 1.27. The molecule has 0 saturated heterocycles. The molecule has 14 heavy (non-hydrogen) atoms. The van der Waals surface area contributed by atoms with E-state index >= 15 is 0 Å². The van der Waals surface area contributed by atoms with Crippen molar-refractivity contribution in [3.05, 3.63) is 46.8 Å². The minimum absolute atomic E-state index is 0.316. The summed E-state index contributed by atoms with van der Waals surface area (Å²) >= 11 is 1.72. The maximum Gasteiger partial charge on any atom is 0.126 e. The average Bonchev–Trinajstić information content (AvgIpc) is 2.72. The van der Waals surface area contributed by atoms with Crippen molar-refractivity contribution in [3.8, 4) is 0 Å². The number of aromatic nitrogens is 1. The summed E-state index contributed by atoms with van der Waals surface area (Å²) in [5.41, 5.74) is 1.31. The van der Waals surface area contributed by atoms with Gasteiger partial charge < -0.3 is 5.32 Å². The molecule has 2 aromatic heterocycles. The van der Waals surface area contributed by atoms with Crippen LogP contribution in [0.2, 0.25) is 0 Å². The molecule has 0 fully saturated rings. The van der Waals surface area contributed by atoms with Gasteiger partial charge >= 0.3 is 0 Å². The molecule has 72 valence electrons. The largest absolute Gasteiger partial charge is 0.364 e. The van der Waals surface area contributed by atoms with Gasteiger partial charge in [0.15, 0.2) is 0 Å². The quantitative estimate of drug-likeness (QED) is 0.829. The van der Waals surface area contributed by atoms with Gasteiger partial charge in [0.2, 0.25) is 0 Å². The van der Waals surface area contributed by atoms with Gasteiger partial charge in [-0.05, 0) is 41.4 Å². The van der Waals surface area contributed by atoms with Crippen LogP contribution in [0.3, 0.4) is 0 Å². The Morgan fingerprint density at radius 3 is 2.93 bits per heavy atom. The molecule has 3 heteroatoms. The average molecular weight is 204 g/mol. The van der Waals surface area contributed by atoms with Crippen molar-refractivity contribution in [2.45, 2.75) is 13.0 Å². The van der Waals surface area contributed by atoms with Crippen LogP contribution >= 0.6 is 11.3 Å². The van der Waals surface area contributed by atoms with Crippen molar-refractivity contribution in [1.29, 1.82) is 0 Å². The maximum absolute atomic E-state index is 4.22. The molecule has 0 amide bonds. The highest BCUT2D eigenvalue weighted by atomic mass is 32.1. The molecule has 1 unspecified atom stereocenters. The van der Waals surface area contributed by atoms with E-state index in [0.717, 1.165) is 5.82 Å². The Morgan fingerprint density at radius 2 is 2.29 bits per heavy atom. The zero-order valence-corrected chi connectivity index (χ0v) is 8.79. The van der Waals surface area contributed by atoms with Gasteiger partial charge in [-0.25, -0.2) is 4.98 Å². The summed E-state index contributed by atoms with van der Waals surface area (Å²) in [6, 6.07) is 8.32. The fourth-order valence-corrected chi connectivity index (χ4v) is 2.03. The van der Waals surface area contributed by atoms with Crippen molar-refractivity contribution in [1.82, 2.24) is 4.98 Å². The molecule has 0 saturated carbocycles. The Labute approximate surface area is 87.6 Å². The highest BCUT2D eigenvalue weighted by Gasteiger charge is 2.04. The predicted molar refractivity (Wildman–Crippen MR) is 60.6 cm³/mol. The first-order chi connectivity index (χ1) is 6.86. The summed E-state index contributed by atoms with van der Waals surface area (Å²) in [5, 5.41) is 7.58. The third-order valence-electron chi connectivity index (χ3n) is 2.07. The summed E-state index contributed by atoms with van der Waals surface area (Å²) in [5.74, 6) is 0.922. The first kappa shape index (κ1) is 9.21. The number of thiophene rings is 1. The summed E-state index contributed by atoms with van der Waals surface area (Å²) in [6.45, 7) is 2.14. The van der Waals surface area contributed by atoms with Gasteiger partial charge in [-0.1, -0.05) is 6.07 Å². The third kappa shape index (κ3) is 2.12. The van der Waals surface area contributed by atoms with E-state index < -0.39 is 0 Å². The number of hydrogen-bond donors (Lipinski definition) is 1. The molecule has 1 N–H and O–H groups in total. The summed E-state index contributed by atoms with van der Waals surface area (Å²) < 4.78 is 0. The molecule has 0 aliphatic carbocycles. The molecule has 0 aliphatic heterocycles. The maximum atomic E-state index is 4.22. The van der Waals surface area contributed by atoms with Gasteiger partial charge in [-0.3, -0.25) is 0 Å². The van der Waals surface area contributed by atoms with Crippen molar-refractivity contribution in [3.63, 3.8) is 0 Å². The molecule has 2 nitrogen and oxygen atoms in total. The molecular weight excluding hydrogens is 192 g/mol. The Hall–Kier alpha value is -1.35. The molecular formula is C11H12N2S. The monoisotopic (exact) mass is 204 g/mol. The Morgan fingerprint density at radius 1 is 1.36 bits per heavy atom. The van der Waals surface area contributed by atoms with Gasteiger partial charge in [-0.15, -0.1) is 0 Å². The van der Waals surface area contributed by atoms with Crippen LogP contribution < -0.4 is 5.32 Å². The van der Waals surface area contributed by atoms with E-state index in [-0.39, 0.29) is 0 Å². The Balaban J connectivity index is 2.06. The highest BCUT2D eigenvalue weighted by molar-refractivity contribution is 7.07. The van der Waals surface area contributed by atoms with Gasteiger partial charge in [-0.2, -0.15) is 11.3 Å². The minimum atomic E-state index is 0.316. The van der Waals surface area contributed by atoms with Crippen molar-refractivity contribution < 1.29 is 0 Å². The highest BCUT2D eigenvalue weighted by Crippen LogP contribution is 2.19. The van der Waals surface area contributed by atoms with E-state index in [1.165, 1.54) is 5.56 Å². The van der Waals surface area contributed by atoms with Crippen LogP contribution in [0.5, 0.6) is 0 Å². The van der Waals surface area contributed by atoms with Crippen LogP contribution in [0, 0.1) is 0 Å². The molecule has 0 radical (unpaired) electrons. The molecule has 2 rings (SSSR count). The molecule has 0 aliphatic rings. The van der Waals surface area contributed by atoms with E-state index in [9.17, 15) is 0 Å². The van der Waals surface area contributed by atoms with Crippen LogP contribution in [-0.4, -0.2) is 4.98 Å². The number of hydrogen-bond acceptors (Lipinski definition) is 3. The normalized spacial score (nSPS) is 12.4. The third-order valence-corrected chi connectivity index (χ3v) is 2.77. The molecule has 2 aromatic rings. The number of nitrogens with one attached hydrogen (secondary N) is 1. The number of anilines is 1. The number of pyridine rings is 1. The Bertz CT molecular complexity index is 369. The van der Waals surface area contributed by atoms with Gasteiger partial charge in [0.25, 0.3) is 0 Å². The van der Waals surface area contributed by atoms with Gasteiger partial charge in [0, 0.05) is 6.20 Å². The summed E-state index contributed by atoms with van der Waals surface area (Å²) in [4.78, 5) is 4.22. The van der Waals surface area contributed by atoms with Crippen LogP contribution in [0.4, 0.5) is 5.82 Å². The summed E-state index contributed by atoms with van der Waals surface area (Å²) in [6.07, 6.45) is 1.79. The van der Waals surface area contributed by atoms with E-state index in [2.05, 4.69) is 34.1 Å². The van der Waals surface area contributed by atoms with Crippen LogP contribution in [0.25, 0.3) is 0 Å². The van der Waals surface area contributed by atoms with Crippen molar-refractivity contribution in [2.75, 3.05) is 5.32 Å². The lowest BCUT2D eigenvalue weighted by molar-refractivity contribution is 0.880. The first-order valence-corrected chi connectivity index (χ1v) is 5.50. The lowest BCUT2D eigenvalue weighted by Gasteiger charge is -2.12. The lowest BCUT2D eigenvalue weighted by atomic mass is 10.2. The topological polar surface area (TPSA) is 24.9 Å². The smallest absolute Gasteiger partial charge is 0.126 e. The van der Waals surface area contributed by atoms with E-state index in [1.54, 1.807) is 17.5 Å². The number of rotatable bonds is 3. The fraction of sp³-hybridized carbons (Fsp3) is 0.182. The second-order valence-electron chi connectivity index (χ2n) is 3.14. The second-order valence-corrected chi connectivity index (χ2v) is 3.92. The van der Waals surface area contributed by atoms with E-state index in [0.29, 0.717) is 6.04 Å². The summed E-state index contributed by atoms with van der Waals surface area (Å²) in [7, 11) is 0. The van der Waals surface area contributed by atoms with Crippen molar-refractivity contribution in [2.24, 2.45) is 0 Å². The van der Waals surface area contributed by atoms with Crippen LogP contribution in [-0.2, 0) is 0 Å². The first-order valence-electron chi connectivity index (χ1n) is 4.56. The number of nitrogens with zero attached hydrogens (tertiary/aromatic N) is 1. The molecule has 0 aromatic carbocycles. The minimum Gasteiger partial charge on any atom is -0.364 e. The predicted octanol–water partition coefficient (Wildman–Crippen LogP) is 3.32. The van der Waals surface area contributed by atoms with Crippen molar-refractivity contribution >= 4 is 17.2 Å². The van der Waals surface area contributed by atoms with Gasteiger partial charge in [0.05, 0.1) is 6.04 Å².